The van der Waals surface area contributed by atoms with Gasteiger partial charge in [0.05, 0.1) is 5.69 Å². The molecule has 2 aromatic heterocycles. The second-order valence-corrected chi connectivity index (χ2v) is 9.86. The molecule has 2 unspecified atom stereocenters. The standard InChI is InChI=1S/C29H25ClN4O4/c1-16-3-2-4-21-24(36)11-23-27(26(16)21)18(12-30)13-34(23)29(38)22-15-33-14-19(7-10-25(33)32-22)31-28(37)17-5-8-20(35)9-6-17/h2-11,14-15,18,29,35-36,38H,12-13H2,1H3,(H,31,37). The van der Waals surface area contributed by atoms with Gasteiger partial charge in [0.25, 0.3) is 5.91 Å². The number of aromatic hydroxyl groups is 2. The minimum atomic E-state index is -1.07. The van der Waals surface area contributed by atoms with Crippen LogP contribution in [0.3, 0.4) is 0 Å². The van der Waals surface area contributed by atoms with Crippen molar-refractivity contribution >= 4 is 45.3 Å². The molecule has 0 bridgehead atoms. The van der Waals surface area contributed by atoms with Crippen molar-refractivity contribution in [2.45, 2.75) is 19.1 Å². The number of hydrogen-bond donors (Lipinski definition) is 4. The van der Waals surface area contributed by atoms with E-state index in [0.717, 1.165) is 27.6 Å². The third kappa shape index (κ3) is 3.98. The van der Waals surface area contributed by atoms with Crippen LogP contribution in [0.15, 0.2) is 73.1 Å². The first-order valence-corrected chi connectivity index (χ1v) is 12.7. The molecule has 1 aliphatic rings. The maximum atomic E-state index is 12.6. The zero-order valence-corrected chi connectivity index (χ0v) is 21.2. The van der Waals surface area contributed by atoms with Crippen LogP contribution in [0.1, 0.15) is 39.3 Å². The number of phenols is 2. The van der Waals surface area contributed by atoms with Crippen molar-refractivity contribution in [2.75, 3.05) is 22.6 Å². The number of hydrogen-bond acceptors (Lipinski definition) is 6. The lowest BCUT2D eigenvalue weighted by atomic mass is 9.92. The lowest BCUT2D eigenvalue weighted by Crippen LogP contribution is -2.28. The number of aromatic nitrogens is 2. The molecule has 4 N–H and O–H groups in total. The van der Waals surface area contributed by atoms with Gasteiger partial charge in [0.2, 0.25) is 0 Å². The van der Waals surface area contributed by atoms with E-state index in [9.17, 15) is 20.1 Å². The number of halogens is 1. The molecule has 6 rings (SSSR count). The van der Waals surface area contributed by atoms with Crippen molar-refractivity contribution in [3.8, 4) is 11.5 Å². The van der Waals surface area contributed by atoms with Crippen molar-refractivity contribution in [1.82, 2.24) is 9.38 Å². The topological polar surface area (TPSA) is 110 Å². The number of phenolic OH excluding ortho intramolecular Hbond substituents is 2. The number of rotatable bonds is 5. The molecule has 0 radical (unpaired) electrons. The molecule has 3 aromatic carbocycles. The Kier molecular flexibility index (Phi) is 5.86. The van der Waals surface area contributed by atoms with E-state index in [1.54, 1.807) is 47.1 Å². The van der Waals surface area contributed by atoms with Crippen LogP contribution >= 0.6 is 11.6 Å². The van der Waals surface area contributed by atoms with Crippen molar-refractivity contribution in [1.29, 1.82) is 0 Å². The number of aryl methyl sites for hydroxylation is 1. The Bertz CT molecular complexity index is 1700. The summed E-state index contributed by atoms with van der Waals surface area (Å²) in [5.74, 6) is 0.277. The van der Waals surface area contributed by atoms with Crippen molar-refractivity contribution < 1.29 is 20.1 Å². The summed E-state index contributed by atoms with van der Waals surface area (Å²) in [7, 11) is 0. The molecule has 0 spiro atoms. The van der Waals surface area contributed by atoms with Gasteiger partial charge in [0, 0.05) is 53.4 Å². The number of carbonyl (C=O) groups excluding carboxylic acids is 1. The van der Waals surface area contributed by atoms with Crippen LogP contribution in [0, 0.1) is 6.92 Å². The van der Waals surface area contributed by atoms with Crippen molar-refractivity contribution in [2.24, 2.45) is 0 Å². The summed E-state index contributed by atoms with van der Waals surface area (Å²) in [5, 5.41) is 36.2. The third-order valence-corrected chi connectivity index (χ3v) is 7.48. The number of amides is 1. The number of nitrogens with one attached hydrogen (secondary N) is 1. The quantitative estimate of drug-likeness (QED) is 0.231. The fraction of sp³-hybridized carbons (Fsp3) is 0.172. The zero-order chi connectivity index (χ0) is 26.6. The maximum Gasteiger partial charge on any atom is 0.255 e. The van der Waals surface area contributed by atoms with E-state index < -0.39 is 6.23 Å². The van der Waals surface area contributed by atoms with E-state index in [1.807, 2.05) is 30.0 Å². The summed E-state index contributed by atoms with van der Waals surface area (Å²) >= 11 is 6.38. The first-order valence-electron chi connectivity index (χ1n) is 12.2. The number of carbonyl (C=O) groups is 1. The second kappa shape index (κ2) is 9.24. The van der Waals surface area contributed by atoms with E-state index in [1.165, 1.54) is 12.1 Å². The minimum absolute atomic E-state index is 0.0238. The molecule has 3 heterocycles. The number of alkyl halides is 1. The number of anilines is 2. The normalized spacial score (nSPS) is 15.7. The average Bonchev–Trinajstić information content (AvgIpc) is 3.50. The van der Waals surface area contributed by atoms with Gasteiger partial charge in [-0.05, 0) is 59.8 Å². The smallest absolute Gasteiger partial charge is 0.255 e. The highest BCUT2D eigenvalue weighted by Crippen LogP contribution is 2.48. The number of benzene rings is 3. The molecule has 1 amide bonds. The number of nitrogens with zero attached hydrogens (tertiary/aromatic N) is 3. The minimum Gasteiger partial charge on any atom is -0.508 e. The predicted molar refractivity (Wildman–Crippen MR) is 147 cm³/mol. The first-order chi connectivity index (χ1) is 18.3. The van der Waals surface area contributed by atoms with Crippen molar-refractivity contribution in [3.05, 3.63) is 95.4 Å². The van der Waals surface area contributed by atoms with E-state index >= 15 is 0 Å². The number of aliphatic hydroxyl groups is 1. The summed E-state index contributed by atoms with van der Waals surface area (Å²) in [5.41, 5.74) is 4.79. The summed E-state index contributed by atoms with van der Waals surface area (Å²) in [6, 6.07) is 17.0. The molecular formula is C29H25ClN4O4. The second-order valence-electron chi connectivity index (χ2n) is 9.55. The summed E-state index contributed by atoms with van der Waals surface area (Å²) in [4.78, 5) is 19.0. The van der Waals surface area contributed by atoms with Gasteiger partial charge in [-0.1, -0.05) is 18.2 Å². The van der Waals surface area contributed by atoms with Crippen LogP contribution in [-0.2, 0) is 0 Å². The Morgan fingerprint density at radius 3 is 2.68 bits per heavy atom. The zero-order valence-electron chi connectivity index (χ0n) is 20.5. The van der Waals surface area contributed by atoms with Crippen molar-refractivity contribution in [3.63, 3.8) is 0 Å². The van der Waals surface area contributed by atoms with Crippen LogP contribution in [0.25, 0.3) is 16.4 Å². The number of fused-ring (bicyclic) bond motifs is 4. The van der Waals surface area contributed by atoms with Gasteiger partial charge in [0.1, 0.15) is 22.8 Å². The number of aliphatic hydroxyl groups excluding tert-OH is 1. The fourth-order valence-electron chi connectivity index (χ4n) is 5.27. The Labute approximate surface area is 223 Å². The van der Waals surface area contributed by atoms with E-state index in [4.69, 9.17) is 11.6 Å². The van der Waals surface area contributed by atoms with Gasteiger partial charge in [-0.3, -0.25) is 4.79 Å². The van der Waals surface area contributed by atoms with Crippen LogP contribution < -0.4 is 10.2 Å². The van der Waals surface area contributed by atoms with Crippen LogP contribution in [-0.4, -0.2) is 43.0 Å². The highest BCUT2D eigenvalue weighted by Gasteiger charge is 2.36. The molecular weight excluding hydrogens is 504 g/mol. The summed E-state index contributed by atoms with van der Waals surface area (Å²) < 4.78 is 1.74. The predicted octanol–water partition coefficient (Wildman–Crippen LogP) is 5.29. The molecule has 5 aromatic rings. The average molecular weight is 529 g/mol. The lowest BCUT2D eigenvalue weighted by molar-refractivity contribution is 0.102. The van der Waals surface area contributed by atoms with Gasteiger partial charge < -0.3 is 29.9 Å². The van der Waals surface area contributed by atoms with Crippen LogP contribution in [0.5, 0.6) is 11.5 Å². The van der Waals surface area contributed by atoms with Gasteiger partial charge in [-0.25, -0.2) is 4.98 Å². The largest absolute Gasteiger partial charge is 0.508 e. The summed E-state index contributed by atoms with van der Waals surface area (Å²) in [6.45, 7) is 2.49. The van der Waals surface area contributed by atoms with Gasteiger partial charge in [0.15, 0.2) is 6.23 Å². The van der Waals surface area contributed by atoms with Gasteiger partial charge in [-0.2, -0.15) is 0 Å². The Morgan fingerprint density at radius 1 is 1.13 bits per heavy atom. The van der Waals surface area contributed by atoms with E-state index in [0.29, 0.717) is 35.0 Å². The van der Waals surface area contributed by atoms with Gasteiger partial charge in [-0.15, -0.1) is 11.6 Å². The molecule has 9 heteroatoms. The highest BCUT2D eigenvalue weighted by molar-refractivity contribution is 6.19. The Balaban J connectivity index is 1.32. The number of imidazole rings is 1. The third-order valence-electron chi connectivity index (χ3n) is 7.11. The lowest BCUT2D eigenvalue weighted by Gasteiger charge is -2.25. The molecule has 0 aliphatic carbocycles. The molecule has 1 aliphatic heterocycles. The van der Waals surface area contributed by atoms with Crippen LogP contribution in [0.4, 0.5) is 11.4 Å². The monoisotopic (exact) mass is 528 g/mol. The van der Waals surface area contributed by atoms with E-state index in [2.05, 4.69) is 10.3 Å². The van der Waals surface area contributed by atoms with Gasteiger partial charge >= 0.3 is 0 Å². The Hall–Kier alpha value is -4.27. The summed E-state index contributed by atoms with van der Waals surface area (Å²) in [6.07, 6.45) is 2.37. The molecule has 192 valence electrons. The molecule has 8 nitrogen and oxygen atoms in total. The molecule has 0 saturated heterocycles. The first kappa shape index (κ1) is 24.1. The maximum absolute atomic E-state index is 12.6. The highest BCUT2D eigenvalue weighted by atomic mass is 35.5. The molecule has 2 atom stereocenters. The molecule has 0 fully saturated rings. The van der Waals surface area contributed by atoms with E-state index in [-0.39, 0.29) is 23.3 Å². The van der Waals surface area contributed by atoms with Crippen LogP contribution in [0.2, 0.25) is 0 Å². The molecule has 0 saturated carbocycles. The molecule has 38 heavy (non-hydrogen) atoms. The SMILES string of the molecule is Cc1cccc2c(O)cc3c(c12)C(CCl)CN3C(O)c1cn2cc(NC(=O)c3ccc(O)cc3)ccc2n1. The Morgan fingerprint density at radius 2 is 1.92 bits per heavy atom. The number of pyridine rings is 1. The fourth-order valence-corrected chi connectivity index (χ4v) is 5.52.